The van der Waals surface area contributed by atoms with E-state index in [0.29, 0.717) is 18.0 Å². The van der Waals surface area contributed by atoms with Crippen LogP contribution in [0.5, 0.6) is 11.5 Å². The molecule has 0 bridgehead atoms. The minimum Gasteiger partial charge on any atom is -0.493 e. The topological polar surface area (TPSA) is 80.8 Å². The lowest BCUT2D eigenvalue weighted by molar-refractivity contribution is -0.141. The highest BCUT2D eigenvalue weighted by Crippen LogP contribution is 2.29. The SMILES string of the molecule is COc1ccc(CC(=O)N(Cc2ccccc2)C(C(=O)NCc2ccncc2)c2ccccc2)cc1OC. The Morgan fingerprint density at radius 1 is 0.789 bits per heavy atom. The number of pyridine rings is 1. The molecule has 0 spiro atoms. The van der Waals surface area contributed by atoms with Crippen LogP contribution in [0.15, 0.2) is 103 Å². The number of amides is 2. The van der Waals surface area contributed by atoms with Gasteiger partial charge in [0.25, 0.3) is 0 Å². The number of hydrogen-bond donors (Lipinski definition) is 1. The third kappa shape index (κ3) is 6.76. The summed E-state index contributed by atoms with van der Waals surface area (Å²) in [7, 11) is 3.13. The van der Waals surface area contributed by atoms with Gasteiger partial charge in [-0.2, -0.15) is 0 Å². The zero-order valence-corrected chi connectivity index (χ0v) is 21.5. The fourth-order valence-electron chi connectivity index (χ4n) is 4.27. The predicted molar refractivity (Wildman–Crippen MR) is 146 cm³/mol. The van der Waals surface area contributed by atoms with Crippen LogP contribution < -0.4 is 14.8 Å². The maximum atomic E-state index is 13.9. The number of methoxy groups -OCH3 is 2. The molecule has 0 fully saturated rings. The lowest BCUT2D eigenvalue weighted by Crippen LogP contribution is -2.43. The number of benzene rings is 3. The van der Waals surface area contributed by atoms with Gasteiger partial charge in [-0.25, -0.2) is 0 Å². The molecular weight excluding hydrogens is 478 g/mol. The van der Waals surface area contributed by atoms with Gasteiger partial charge in [-0.1, -0.05) is 66.7 Å². The second-order valence-electron chi connectivity index (χ2n) is 8.76. The highest BCUT2D eigenvalue weighted by Gasteiger charge is 2.31. The molecule has 4 aromatic rings. The summed E-state index contributed by atoms with van der Waals surface area (Å²) in [5, 5.41) is 3.02. The summed E-state index contributed by atoms with van der Waals surface area (Å²) in [5.41, 5.74) is 3.34. The van der Waals surface area contributed by atoms with Crippen LogP contribution in [0.1, 0.15) is 28.3 Å². The number of ether oxygens (including phenoxy) is 2. The summed E-state index contributed by atoms with van der Waals surface area (Å²) < 4.78 is 10.8. The molecule has 7 heteroatoms. The van der Waals surface area contributed by atoms with Gasteiger partial charge in [0.2, 0.25) is 11.8 Å². The smallest absolute Gasteiger partial charge is 0.247 e. The molecule has 7 nitrogen and oxygen atoms in total. The molecule has 1 aromatic heterocycles. The van der Waals surface area contributed by atoms with Crippen molar-refractivity contribution in [3.8, 4) is 11.5 Å². The quantitative estimate of drug-likeness (QED) is 0.316. The number of nitrogens with one attached hydrogen (secondary N) is 1. The van der Waals surface area contributed by atoms with Crippen LogP contribution in [0.3, 0.4) is 0 Å². The molecule has 1 heterocycles. The minimum atomic E-state index is -0.828. The minimum absolute atomic E-state index is 0.0914. The first-order valence-corrected chi connectivity index (χ1v) is 12.3. The molecule has 2 amide bonds. The fraction of sp³-hybridized carbons (Fsp3) is 0.194. The van der Waals surface area contributed by atoms with Crippen molar-refractivity contribution in [3.63, 3.8) is 0 Å². The van der Waals surface area contributed by atoms with Crippen LogP contribution in [-0.2, 0) is 29.1 Å². The van der Waals surface area contributed by atoms with Gasteiger partial charge < -0.3 is 19.7 Å². The van der Waals surface area contributed by atoms with Crippen LogP contribution in [-0.4, -0.2) is 35.9 Å². The summed E-state index contributed by atoms with van der Waals surface area (Å²) in [5.74, 6) is 0.684. The van der Waals surface area contributed by atoms with E-state index in [1.165, 1.54) is 0 Å². The number of rotatable bonds is 11. The van der Waals surface area contributed by atoms with Gasteiger partial charge in [0, 0.05) is 25.5 Å². The van der Waals surface area contributed by atoms with E-state index in [1.807, 2.05) is 78.9 Å². The van der Waals surface area contributed by atoms with Crippen molar-refractivity contribution in [2.24, 2.45) is 0 Å². The number of hydrogen-bond acceptors (Lipinski definition) is 5. The predicted octanol–water partition coefficient (Wildman–Crippen LogP) is 4.73. The van der Waals surface area contributed by atoms with Crippen molar-refractivity contribution in [1.29, 1.82) is 0 Å². The van der Waals surface area contributed by atoms with E-state index in [4.69, 9.17) is 9.47 Å². The van der Waals surface area contributed by atoms with Gasteiger partial charge in [-0.3, -0.25) is 14.6 Å². The van der Waals surface area contributed by atoms with Gasteiger partial charge in [0.05, 0.1) is 20.6 Å². The monoisotopic (exact) mass is 509 g/mol. The lowest BCUT2D eigenvalue weighted by Gasteiger charge is -2.32. The second-order valence-corrected chi connectivity index (χ2v) is 8.76. The average molecular weight is 510 g/mol. The zero-order valence-electron chi connectivity index (χ0n) is 21.5. The van der Waals surface area contributed by atoms with E-state index in [-0.39, 0.29) is 24.8 Å². The molecule has 38 heavy (non-hydrogen) atoms. The Hall–Kier alpha value is -4.65. The second kappa shape index (κ2) is 13.1. The molecule has 0 radical (unpaired) electrons. The summed E-state index contributed by atoms with van der Waals surface area (Å²) in [4.78, 5) is 33.3. The van der Waals surface area contributed by atoms with Gasteiger partial charge in [0.1, 0.15) is 6.04 Å². The first-order chi connectivity index (χ1) is 18.6. The largest absolute Gasteiger partial charge is 0.493 e. The lowest BCUT2D eigenvalue weighted by atomic mass is 10.0. The molecule has 0 aliphatic carbocycles. The Bertz CT molecular complexity index is 1330. The van der Waals surface area contributed by atoms with Gasteiger partial charge in [-0.05, 0) is 46.5 Å². The average Bonchev–Trinajstić information content (AvgIpc) is 2.97. The van der Waals surface area contributed by atoms with Crippen molar-refractivity contribution in [3.05, 3.63) is 126 Å². The Morgan fingerprint density at radius 3 is 2.11 bits per heavy atom. The molecule has 0 saturated carbocycles. The van der Waals surface area contributed by atoms with Gasteiger partial charge in [0.15, 0.2) is 11.5 Å². The first kappa shape index (κ1) is 26.4. The Kier molecular flexibility index (Phi) is 9.07. The van der Waals surface area contributed by atoms with Crippen molar-refractivity contribution >= 4 is 11.8 Å². The van der Waals surface area contributed by atoms with Crippen LogP contribution in [0, 0.1) is 0 Å². The van der Waals surface area contributed by atoms with E-state index in [0.717, 1.165) is 22.3 Å². The number of carbonyl (C=O) groups excluding carboxylic acids is 2. The Balaban J connectivity index is 1.67. The summed E-state index contributed by atoms with van der Waals surface area (Å²) in [6.07, 6.45) is 3.46. The third-order valence-corrected chi connectivity index (χ3v) is 6.21. The number of aromatic nitrogens is 1. The van der Waals surface area contributed by atoms with E-state index < -0.39 is 6.04 Å². The molecule has 0 saturated heterocycles. The maximum Gasteiger partial charge on any atom is 0.247 e. The van der Waals surface area contributed by atoms with Crippen LogP contribution in [0.4, 0.5) is 0 Å². The van der Waals surface area contributed by atoms with Crippen LogP contribution >= 0.6 is 0 Å². The first-order valence-electron chi connectivity index (χ1n) is 12.3. The van der Waals surface area contributed by atoms with E-state index in [9.17, 15) is 9.59 Å². The van der Waals surface area contributed by atoms with Gasteiger partial charge >= 0.3 is 0 Å². The zero-order chi connectivity index (χ0) is 26.7. The van der Waals surface area contributed by atoms with Crippen molar-refractivity contribution in [2.75, 3.05) is 14.2 Å². The van der Waals surface area contributed by atoms with Crippen molar-refractivity contribution in [2.45, 2.75) is 25.6 Å². The highest BCUT2D eigenvalue weighted by molar-refractivity contribution is 5.89. The van der Waals surface area contributed by atoms with E-state index >= 15 is 0 Å². The summed E-state index contributed by atoms with van der Waals surface area (Å²) >= 11 is 0. The molecular formula is C31H31N3O4. The Labute approximate surface area is 223 Å². The van der Waals surface area contributed by atoms with Crippen molar-refractivity contribution < 1.29 is 19.1 Å². The number of nitrogens with zero attached hydrogens (tertiary/aromatic N) is 2. The Morgan fingerprint density at radius 2 is 1.45 bits per heavy atom. The fourth-order valence-corrected chi connectivity index (χ4v) is 4.27. The summed E-state index contributed by atoms with van der Waals surface area (Å²) in [6.45, 7) is 0.600. The molecule has 4 rings (SSSR count). The summed E-state index contributed by atoms with van der Waals surface area (Å²) in [6, 6.07) is 27.3. The van der Waals surface area contributed by atoms with E-state index in [2.05, 4.69) is 10.3 Å². The van der Waals surface area contributed by atoms with E-state index in [1.54, 1.807) is 43.6 Å². The highest BCUT2D eigenvalue weighted by atomic mass is 16.5. The van der Waals surface area contributed by atoms with Crippen LogP contribution in [0.25, 0.3) is 0 Å². The molecule has 0 aliphatic heterocycles. The number of carbonyl (C=O) groups is 2. The molecule has 3 aromatic carbocycles. The molecule has 0 aliphatic rings. The standard InChI is InChI=1S/C31H31N3O4/c1-37-27-14-13-25(19-28(27)38-2)20-29(35)34(22-24-9-5-3-6-10-24)30(26-11-7-4-8-12-26)31(36)33-21-23-15-17-32-18-16-23/h3-19,30H,20-22H2,1-2H3,(H,33,36). The van der Waals surface area contributed by atoms with Gasteiger partial charge in [-0.15, -0.1) is 0 Å². The van der Waals surface area contributed by atoms with Crippen LogP contribution in [0.2, 0.25) is 0 Å². The molecule has 1 atom stereocenters. The van der Waals surface area contributed by atoms with Crippen molar-refractivity contribution in [1.82, 2.24) is 15.2 Å². The molecule has 194 valence electrons. The molecule has 1 unspecified atom stereocenters. The maximum absolute atomic E-state index is 13.9. The molecule has 1 N–H and O–H groups in total. The third-order valence-electron chi connectivity index (χ3n) is 6.21. The normalized spacial score (nSPS) is 11.3.